The van der Waals surface area contributed by atoms with Crippen molar-refractivity contribution >= 4 is 28.2 Å². The number of rotatable bonds is 1. The number of hydrogen-bond acceptors (Lipinski definition) is 7. The average Bonchev–Trinajstić information content (AvgIpc) is 2.82. The topological polar surface area (TPSA) is 110 Å². The second kappa shape index (κ2) is 6.60. The molecule has 3 rings (SSSR count). The van der Waals surface area contributed by atoms with Crippen LogP contribution in [-0.2, 0) is 22.5 Å². The quantitative estimate of drug-likeness (QED) is 0.750. The zero-order valence-electron chi connectivity index (χ0n) is 13.1. The van der Waals surface area contributed by atoms with Crippen LogP contribution in [0, 0.1) is 0 Å². The molecule has 0 aliphatic heterocycles. The van der Waals surface area contributed by atoms with E-state index in [0.29, 0.717) is 4.96 Å². The summed E-state index contributed by atoms with van der Waals surface area (Å²) in [6.07, 6.45) is 5.83. The first-order chi connectivity index (χ1) is 11.5. The lowest BCUT2D eigenvalue weighted by Crippen LogP contribution is -2.33. The summed E-state index contributed by atoms with van der Waals surface area (Å²) in [4.78, 5) is 45.4. The number of hydrogen-bond donors (Lipinski definition) is 2. The smallest absolute Gasteiger partial charge is 0.329 e. The zero-order chi connectivity index (χ0) is 17.3. The summed E-state index contributed by atoms with van der Waals surface area (Å²) in [5.41, 5.74) is 1.51. The maximum absolute atomic E-state index is 12.7. The third kappa shape index (κ3) is 2.99. The Hall–Kier alpha value is -2.42. The van der Waals surface area contributed by atoms with Crippen LogP contribution in [0.1, 0.15) is 53.5 Å². The molecule has 1 aliphatic rings. The number of aromatic nitrogens is 2. The highest BCUT2D eigenvalue weighted by Crippen LogP contribution is 2.28. The molecule has 0 fully saturated rings. The summed E-state index contributed by atoms with van der Waals surface area (Å²) in [6, 6.07) is 0. The molecule has 0 atom stereocenters. The highest BCUT2D eigenvalue weighted by molar-refractivity contribution is 7.17. The van der Waals surface area contributed by atoms with Gasteiger partial charge in [-0.15, -0.1) is 11.3 Å². The fraction of sp³-hybridized carbons (Fsp3) is 0.467. The molecule has 0 bridgehead atoms. The fourth-order valence-corrected chi connectivity index (χ4v) is 4.03. The first kappa shape index (κ1) is 16.4. The SMILES string of the molecule is CC(=O)ONC(=O)c1c(O)nc2sc3c(n2c1=O)CCCCCC3. The molecule has 0 aromatic carbocycles. The molecule has 0 spiro atoms. The number of carbonyl (C=O) groups excluding carboxylic acids is 2. The Balaban J connectivity index is 2.11. The van der Waals surface area contributed by atoms with Crippen LogP contribution in [0.5, 0.6) is 5.88 Å². The van der Waals surface area contributed by atoms with Gasteiger partial charge in [-0.1, -0.05) is 12.8 Å². The van der Waals surface area contributed by atoms with Crippen LogP contribution in [0.3, 0.4) is 0 Å². The summed E-state index contributed by atoms with van der Waals surface area (Å²) in [5.74, 6) is -2.41. The molecule has 1 amide bonds. The molecule has 0 saturated carbocycles. The van der Waals surface area contributed by atoms with Gasteiger partial charge < -0.3 is 9.94 Å². The number of carbonyl (C=O) groups is 2. The van der Waals surface area contributed by atoms with Gasteiger partial charge in [0.2, 0.25) is 5.88 Å². The molecule has 1 aliphatic carbocycles. The Morgan fingerprint density at radius 3 is 2.67 bits per heavy atom. The molecule has 0 saturated heterocycles. The zero-order valence-corrected chi connectivity index (χ0v) is 13.9. The van der Waals surface area contributed by atoms with E-state index in [1.165, 1.54) is 15.7 Å². The normalized spacial score (nSPS) is 14.5. The van der Waals surface area contributed by atoms with Gasteiger partial charge in [0.1, 0.15) is 0 Å². The molecule has 9 heteroatoms. The van der Waals surface area contributed by atoms with Crippen molar-refractivity contribution in [2.24, 2.45) is 0 Å². The highest BCUT2D eigenvalue weighted by Gasteiger charge is 2.25. The number of nitrogens with one attached hydrogen (secondary N) is 1. The van der Waals surface area contributed by atoms with E-state index in [1.54, 1.807) is 0 Å². The van der Waals surface area contributed by atoms with Crippen LogP contribution in [0.15, 0.2) is 4.79 Å². The summed E-state index contributed by atoms with van der Waals surface area (Å²) in [5, 5.41) is 9.98. The molecular formula is C15H17N3O5S. The first-order valence-electron chi connectivity index (χ1n) is 7.73. The first-order valence-corrected chi connectivity index (χ1v) is 8.54. The van der Waals surface area contributed by atoms with Gasteiger partial charge in [0, 0.05) is 17.5 Å². The van der Waals surface area contributed by atoms with Gasteiger partial charge >= 0.3 is 5.97 Å². The Morgan fingerprint density at radius 2 is 1.96 bits per heavy atom. The predicted octanol–water partition coefficient (Wildman–Crippen LogP) is 1.33. The van der Waals surface area contributed by atoms with Gasteiger partial charge in [0.25, 0.3) is 11.5 Å². The lowest BCUT2D eigenvalue weighted by Gasteiger charge is -2.10. The summed E-state index contributed by atoms with van der Waals surface area (Å²) < 4.78 is 1.40. The molecule has 8 nitrogen and oxygen atoms in total. The molecule has 2 heterocycles. The van der Waals surface area contributed by atoms with Gasteiger partial charge in [-0.2, -0.15) is 10.5 Å². The minimum absolute atomic E-state index is 0.369. The van der Waals surface area contributed by atoms with Gasteiger partial charge in [0.05, 0.1) is 0 Å². The van der Waals surface area contributed by atoms with E-state index in [9.17, 15) is 19.5 Å². The largest absolute Gasteiger partial charge is 0.492 e. The molecule has 2 aromatic rings. The van der Waals surface area contributed by atoms with Crippen LogP contribution in [0.2, 0.25) is 0 Å². The molecule has 0 radical (unpaired) electrons. The Bertz CT molecular complexity index is 870. The monoisotopic (exact) mass is 351 g/mol. The maximum Gasteiger partial charge on any atom is 0.329 e. The van der Waals surface area contributed by atoms with E-state index >= 15 is 0 Å². The Labute approximate surface area is 141 Å². The maximum atomic E-state index is 12.7. The van der Waals surface area contributed by atoms with Crippen molar-refractivity contribution in [1.82, 2.24) is 14.9 Å². The summed E-state index contributed by atoms with van der Waals surface area (Å²) >= 11 is 1.36. The number of nitrogens with zero attached hydrogens (tertiary/aromatic N) is 2. The van der Waals surface area contributed by atoms with Crippen molar-refractivity contribution in [2.75, 3.05) is 0 Å². The van der Waals surface area contributed by atoms with Gasteiger partial charge in [-0.05, 0) is 25.7 Å². The number of amides is 1. The molecule has 2 aromatic heterocycles. The lowest BCUT2D eigenvalue weighted by molar-refractivity contribution is -0.146. The van der Waals surface area contributed by atoms with E-state index in [-0.39, 0.29) is 0 Å². The second-order valence-electron chi connectivity index (χ2n) is 5.64. The second-order valence-corrected chi connectivity index (χ2v) is 6.71. The van der Waals surface area contributed by atoms with Gasteiger partial charge in [-0.25, -0.2) is 0 Å². The standard InChI is InChI=1S/C15H17N3O5S/c1-8(19)23-17-13(21)11-12(20)16-15-18(14(11)22)9-6-4-2-3-5-7-10(9)24-15/h20H,2-7H2,1H3,(H,17,21). The van der Waals surface area contributed by atoms with E-state index in [1.807, 2.05) is 5.48 Å². The Kier molecular flexibility index (Phi) is 4.52. The molecule has 0 unspecified atom stereocenters. The number of fused-ring (bicyclic) bond motifs is 3. The van der Waals surface area contributed by atoms with E-state index < -0.39 is 28.9 Å². The third-order valence-corrected chi connectivity index (χ3v) is 5.06. The van der Waals surface area contributed by atoms with Crippen LogP contribution in [0.4, 0.5) is 0 Å². The van der Waals surface area contributed by atoms with Crippen molar-refractivity contribution in [3.05, 3.63) is 26.5 Å². The molecule has 2 N–H and O–H groups in total. The number of thiazole rings is 1. The van der Waals surface area contributed by atoms with Crippen molar-refractivity contribution in [2.45, 2.75) is 45.4 Å². The lowest BCUT2D eigenvalue weighted by atomic mass is 10.0. The molecule has 128 valence electrons. The van der Waals surface area contributed by atoms with E-state index in [2.05, 4.69) is 9.82 Å². The fourth-order valence-electron chi connectivity index (χ4n) is 2.84. The number of aromatic hydroxyl groups is 1. The molecule has 24 heavy (non-hydrogen) atoms. The van der Waals surface area contributed by atoms with Crippen LogP contribution < -0.4 is 11.0 Å². The number of hydroxylamine groups is 1. The van der Waals surface area contributed by atoms with Crippen LogP contribution >= 0.6 is 11.3 Å². The van der Waals surface area contributed by atoms with E-state index in [0.717, 1.165) is 56.0 Å². The minimum atomic E-state index is -1.000. The predicted molar refractivity (Wildman–Crippen MR) is 86.1 cm³/mol. The van der Waals surface area contributed by atoms with E-state index in [4.69, 9.17) is 0 Å². The Morgan fingerprint density at radius 1 is 1.25 bits per heavy atom. The molecular weight excluding hydrogens is 334 g/mol. The van der Waals surface area contributed by atoms with Gasteiger partial charge in [0.15, 0.2) is 10.5 Å². The average molecular weight is 351 g/mol. The number of aryl methyl sites for hydroxylation is 2. The van der Waals surface area contributed by atoms with Crippen molar-refractivity contribution in [3.8, 4) is 5.88 Å². The van der Waals surface area contributed by atoms with Crippen molar-refractivity contribution in [3.63, 3.8) is 0 Å². The van der Waals surface area contributed by atoms with Crippen LogP contribution in [0.25, 0.3) is 4.96 Å². The van der Waals surface area contributed by atoms with Gasteiger partial charge in [-0.3, -0.25) is 18.8 Å². The summed E-state index contributed by atoms with van der Waals surface area (Å²) in [6.45, 7) is 1.11. The third-order valence-electron chi connectivity index (χ3n) is 3.92. The van der Waals surface area contributed by atoms with Crippen LogP contribution in [-0.4, -0.2) is 26.4 Å². The summed E-state index contributed by atoms with van der Waals surface area (Å²) in [7, 11) is 0. The van der Waals surface area contributed by atoms with Crippen molar-refractivity contribution in [1.29, 1.82) is 0 Å². The highest BCUT2D eigenvalue weighted by atomic mass is 32.1. The minimum Gasteiger partial charge on any atom is -0.492 e. The van der Waals surface area contributed by atoms with Crippen molar-refractivity contribution < 1.29 is 19.5 Å².